The summed E-state index contributed by atoms with van der Waals surface area (Å²) in [5.74, 6) is -0.767. The van der Waals surface area contributed by atoms with E-state index in [0.29, 0.717) is 16.8 Å². The van der Waals surface area contributed by atoms with E-state index in [0.717, 1.165) is 0 Å². The first kappa shape index (κ1) is 16.3. The van der Waals surface area contributed by atoms with Crippen LogP contribution in [0.5, 0.6) is 0 Å². The predicted octanol–water partition coefficient (Wildman–Crippen LogP) is 3.60. The summed E-state index contributed by atoms with van der Waals surface area (Å²) < 4.78 is 4.63. The minimum atomic E-state index is -0.477. The van der Waals surface area contributed by atoms with Crippen LogP contribution in [0.4, 0.5) is 0 Å². The minimum absolute atomic E-state index is 0.113. The second kappa shape index (κ2) is 6.92. The highest BCUT2D eigenvalue weighted by molar-refractivity contribution is 6.34. The van der Waals surface area contributed by atoms with Crippen LogP contribution in [0.15, 0.2) is 70.9 Å². The quantitative estimate of drug-likeness (QED) is 0.321. The Morgan fingerprint density at radius 3 is 2.04 bits per heavy atom. The van der Waals surface area contributed by atoms with Crippen molar-refractivity contribution in [1.29, 1.82) is 5.41 Å². The third kappa shape index (κ3) is 3.23. The minimum Gasteiger partial charge on any atom is -0.506 e. The van der Waals surface area contributed by atoms with E-state index in [-0.39, 0.29) is 22.7 Å². The molecule has 0 aliphatic rings. The molecule has 124 valence electrons. The van der Waals surface area contributed by atoms with Crippen LogP contribution in [0.25, 0.3) is 5.76 Å². The van der Waals surface area contributed by atoms with Crippen LogP contribution in [0, 0.1) is 12.3 Å². The summed E-state index contributed by atoms with van der Waals surface area (Å²) in [4.78, 5) is 13.0. The molecule has 0 fully saturated rings. The lowest BCUT2D eigenvalue weighted by molar-refractivity contribution is 0.103. The second-order valence-electron chi connectivity index (χ2n) is 5.36. The lowest BCUT2D eigenvalue weighted by Gasteiger charge is -2.11. The number of aliphatic hydroxyl groups is 1. The summed E-state index contributed by atoms with van der Waals surface area (Å²) in [6.45, 7) is 1.62. The van der Waals surface area contributed by atoms with Crippen LogP contribution in [-0.2, 0) is 0 Å². The molecule has 2 aromatic carbocycles. The lowest BCUT2D eigenvalue weighted by Crippen LogP contribution is -2.17. The Morgan fingerprint density at radius 2 is 1.52 bits per heavy atom. The molecular formula is C19H15N3O3. The number of aryl methyl sites for hydroxylation is 1. The Kier molecular flexibility index (Phi) is 4.52. The Morgan fingerprint density at radius 1 is 0.960 bits per heavy atom. The number of aliphatic hydroxyl groups excluding tert-OH is 1. The molecule has 0 bridgehead atoms. The maximum atomic E-state index is 13.0. The molecule has 0 aliphatic carbocycles. The van der Waals surface area contributed by atoms with Crippen LogP contribution in [0.1, 0.15) is 27.3 Å². The number of aromatic nitrogens is 2. The molecule has 0 amide bonds. The zero-order valence-corrected chi connectivity index (χ0v) is 13.4. The number of benzene rings is 2. The Bertz CT molecular complexity index is 944. The van der Waals surface area contributed by atoms with Crippen LogP contribution in [0.3, 0.4) is 0 Å². The molecule has 0 unspecified atom stereocenters. The molecule has 6 heteroatoms. The highest BCUT2D eigenvalue weighted by atomic mass is 16.6. The SMILES string of the molecule is Cc1nonc1C(=N)/C(C(=O)c1ccccc1)=C(/O)c1ccccc1. The van der Waals surface area contributed by atoms with Crippen LogP contribution < -0.4 is 0 Å². The van der Waals surface area contributed by atoms with Gasteiger partial charge in [-0.15, -0.1) is 0 Å². The maximum absolute atomic E-state index is 13.0. The molecule has 0 aliphatic heterocycles. The average molecular weight is 333 g/mol. The third-order valence-corrected chi connectivity index (χ3v) is 3.69. The van der Waals surface area contributed by atoms with Gasteiger partial charge in [0.05, 0.1) is 5.57 Å². The highest BCUT2D eigenvalue weighted by Gasteiger charge is 2.26. The summed E-state index contributed by atoms with van der Waals surface area (Å²) in [7, 11) is 0. The first-order valence-corrected chi connectivity index (χ1v) is 7.56. The van der Waals surface area contributed by atoms with Crippen molar-refractivity contribution in [1.82, 2.24) is 10.3 Å². The fraction of sp³-hybridized carbons (Fsp3) is 0.0526. The molecule has 25 heavy (non-hydrogen) atoms. The first-order valence-electron chi connectivity index (χ1n) is 7.56. The number of ketones is 1. The second-order valence-corrected chi connectivity index (χ2v) is 5.36. The molecule has 2 N–H and O–H groups in total. The topological polar surface area (TPSA) is 100 Å². The van der Waals surface area contributed by atoms with Crippen molar-refractivity contribution in [2.45, 2.75) is 6.92 Å². The Hall–Kier alpha value is -3.54. The molecule has 0 spiro atoms. The van der Waals surface area contributed by atoms with Crippen molar-refractivity contribution in [2.75, 3.05) is 0 Å². The van der Waals surface area contributed by atoms with Gasteiger partial charge in [0.1, 0.15) is 17.2 Å². The van der Waals surface area contributed by atoms with Gasteiger partial charge in [0.25, 0.3) is 0 Å². The van der Waals surface area contributed by atoms with Gasteiger partial charge in [0.15, 0.2) is 11.5 Å². The lowest BCUT2D eigenvalue weighted by atomic mass is 9.94. The molecule has 0 saturated carbocycles. The van der Waals surface area contributed by atoms with Crippen molar-refractivity contribution < 1.29 is 14.5 Å². The number of nitrogens with one attached hydrogen (secondary N) is 1. The molecule has 6 nitrogen and oxygen atoms in total. The zero-order valence-electron chi connectivity index (χ0n) is 13.4. The third-order valence-electron chi connectivity index (χ3n) is 3.69. The molecular weight excluding hydrogens is 318 g/mol. The number of hydrogen-bond donors (Lipinski definition) is 2. The van der Waals surface area contributed by atoms with Crippen molar-refractivity contribution in [3.63, 3.8) is 0 Å². The van der Waals surface area contributed by atoms with Gasteiger partial charge in [0.2, 0.25) is 0 Å². The predicted molar refractivity (Wildman–Crippen MR) is 92.6 cm³/mol. The summed E-state index contributed by atoms with van der Waals surface area (Å²) in [6.07, 6.45) is 0. The number of carbonyl (C=O) groups excluding carboxylic acids is 1. The van der Waals surface area contributed by atoms with Gasteiger partial charge >= 0.3 is 0 Å². The Balaban J connectivity index is 2.17. The molecule has 1 aromatic heterocycles. The van der Waals surface area contributed by atoms with E-state index in [2.05, 4.69) is 14.9 Å². The monoisotopic (exact) mass is 333 g/mol. The standard InChI is InChI=1S/C19H15N3O3/c1-12-17(22-25-21-12)16(20)15(18(23)13-8-4-2-5-9-13)19(24)14-10-6-3-7-11-14/h2-11,20,23H,1H3/b18-15-,20-16?. The number of nitrogens with zero attached hydrogens (tertiary/aromatic N) is 2. The van der Waals surface area contributed by atoms with Gasteiger partial charge in [-0.05, 0) is 12.1 Å². The van der Waals surface area contributed by atoms with E-state index < -0.39 is 5.78 Å². The number of hydrogen-bond acceptors (Lipinski definition) is 6. The molecule has 0 saturated heterocycles. The van der Waals surface area contributed by atoms with Crippen molar-refractivity contribution in [3.8, 4) is 0 Å². The summed E-state index contributed by atoms with van der Waals surface area (Å²) in [5.41, 5.74) is 0.871. The molecule has 3 aromatic rings. The fourth-order valence-corrected chi connectivity index (χ4v) is 2.39. The van der Waals surface area contributed by atoms with Crippen molar-refractivity contribution >= 4 is 17.3 Å². The highest BCUT2D eigenvalue weighted by Crippen LogP contribution is 2.23. The average Bonchev–Trinajstić information content (AvgIpc) is 3.09. The molecule has 0 radical (unpaired) electrons. The van der Waals surface area contributed by atoms with Gasteiger partial charge in [-0.2, -0.15) is 0 Å². The van der Waals surface area contributed by atoms with Crippen LogP contribution >= 0.6 is 0 Å². The van der Waals surface area contributed by atoms with Gasteiger partial charge in [-0.1, -0.05) is 65.8 Å². The van der Waals surface area contributed by atoms with Gasteiger partial charge in [-0.3, -0.25) is 10.2 Å². The van der Waals surface area contributed by atoms with Crippen molar-refractivity contribution in [2.24, 2.45) is 0 Å². The number of carbonyl (C=O) groups is 1. The zero-order chi connectivity index (χ0) is 17.8. The summed E-state index contributed by atoms with van der Waals surface area (Å²) in [5, 5.41) is 26.4. The largest absolute Gasteiger partial charge is 0.506 e. The first-order chi connectivity index (χ1) is 12.1. The molecule has 1 heterocycles. The van der Waals surface area contributed by atoms with E-state index in [1.807, 2.05) is 0 Å². The van der Waals surface area contributed by atoms with Crippen LogP contribution in [0.2, 0.25) is 0 Å². The van der Waals surface area contributed by atoms with Gasteiger partial charge < -0.3 is 5.11 Å². The smallest absolute Gasteiger partial charge is 0.199 e. The van der Waals surface area contributed by atoms with E-state index in [9.17, 15) is 9.90 Å². The normalized spacial score (nSPS) is 11.7. The fourth-order valence-electron chi connectivity index (χ4n) is 2.39. The number of Topliss-reactive ketones (excluding diaryl/α,β-unsaturated/α-hetero) is 1. The number of rotatable bonds is 5. The number of allylic oxidation sites excluding steroid dienone is 1. The van der Waals surface area contributed by atoms with Crippen molar-refractivity contribution in [3.05, 3.63) is 88.8 Å². The van der Waals surface area contributed by atoms with E-state index in [1.165, 1.54) is 0 Å². The van der Waals surface area contributed by atoms with Gasteiger partial charge in [0, 0.05) is 11.1 Å². The summed E-state index contributed by atoms with van der Waals surface area (Å²) in [6, 6.07) is 17.1. The van der Waals surface area contributed by atoms with Crippen LogP contribution in [-0.4, -0.2) is 26.9 Å². The Labute approximate surface area is 143 Å². The molecule has 3 rings (SSSR count). The van der Waals surface area contributed by atoms with E-state index >= 15 is 0 Å². The van der Waals surface area contributed by atoms with Gasteiger partial charge in [-0.25, -0.2) is 4.63 Å². The maximum Gasteiger partial charge on any atom is 0.199 e. The van der Waals surface area contributed by atoms with E-state index in [1.54, 1.807) is 67.6 Å². The summed E-state index contributed by atoms with van der Waals surface area (Å²) >= 11 is 0. The van der Waals surface area contributed by atoms with E-state index in [4.69, 9.17) is 5.41 Å². The molecule has 0 atom stereocenters.